The normalized spacial score (nSPS) is 10.2. The minimum atomic E-state index is 0.672. The molecule has 0 aromatic heterocycles. The number of nitrogens with one attached hydrogen (secondary N) is 1. The molecule has 0 heterocycles. The van der Waals surface area contributed by atoms with Gasteiger partial charge in [-0.15, -0.1) is 0 Å². The lowest BCUT2D eigenvalue weighted by atomic mass is 10.2. The van der Waals surface area contributed by atoms with Crippen molar-refractivity contribution in [1.82, 2.24) is 5.32 Å². The molecule has 1 aromatic rings. The van der Waals surface area contributed by atoms with E-state index in [1.807, 2.05) is 25.1 Å². The molecule has 0 bridgehead atoms. The summed E-state index contributed by atoms with van der Waals surface area (Å²) < 4.78 is 0. The molecule has 0 aliphatic rings. The summed E-state index contributed by atoms with van der Waals surface area (Å²) in [4.78, 5) is 0. The quantitative estimate of drug-likeness (QED) is 0.778. The van der Waals surface area contributed by atoms with Crippen molar-refractivity contribution in [3.8, 4) is 0 Å². The van der Waals surface area contributed by atoms with Crippen LogP contribution in [0.1, 0.15) is 12.5 Å². The van der Waals surface area contributed by atoms with Crippen LogP contribution in [-0.4, -0.2) is 6.54 Å². The van der Waals surface area contributed by atoms with Gasteiger partial charge in [0, 0.05) is 28.7 Å². The third kappa shape index (κ3) is 3.33. The maximum atomic E-state index is 6.00. The minimum Gasteiger partial charge on any atom is -0.309 e. The molecule has 0 saturated carbocycles. The Hall–Kier alpha value is -0.500. The second-order valence-corrected chi connectivity index (χ2v) is 4.08. The first-order valence-corrected chi connectivity index (χ1v) is 5.15. The minimum absolute atomic E-state index is 0.672. The Morgan fingerprint density at radius 1 is 1.36 bits per heavy atom. The molecule has 1 nitrogen and oxygen atoms in total. The van der Waals surface area contributed by atoms with E-state index in [0.717, 1.165) is 17.7 Å². The van der Waals surface area contributed by atoms with Gasteiger partial charge in [0.1, 0.15) is 0 Å². The van der Waals surface area contributed by atoms with E-state index in [1.54, 1.807) is 0 Å². The van der Waals surface area contributed by atoms with E-state index in [1.165, 1.54) is 0 Å². The van der Waals surface area contributed by atoms with Crippen LogP contribution >= 0.6 is 23.2 Å². The van der Waals surface area contributed by atoms with Crippen LogP contribution in [0.4, 0.5) is 0 Å². The molecule has 3 heteroatoms. The van der Waals surface area contributed by atoms with Gasteiger partial charge in [0.2, 0.25) is 0 Å². The van der Waals surface area contributed by atoms with Crippen molar-refractivity contribution >= 4 is 23.2 Å². The molecule has 76 valence electrons. The summed E-state index contributed by atoms with van der Waals surface area (Å²) in [5, 5.41) is 4.62. The average molecular weight is 230 g/mol. The van der Waals surface area contributed by atoms with Crippen molar-refractivity contribution in [3.63, 3.8) is 0 Å². The predicted molar refractivity (Wildman–Crippen MR) is 63.0 cm³/mol. The molecule has 0 unspecified atom stereocenters. The van der Waals surface area contributed by atoms with Crippen molar-refractivity contribution in [2.45, 2.75) is 13.5 Å². The maximum absolute atomic E-state index is 6.00. The number of hydrogen-bond acceptors (Lipinski definition) is 1. The summed E-state index contributed by atoms with van der Waals surface area (Å²) in [5.74, 6) is 0. The van der Waals surface area contributed by atoms with Crippen LogP contribution < -0.4 is 5.32 Å². The lowest BCUT2D eigenvalue weighted by Gasteiger charge is -2.08. The predicted octanol–water partition coefficient (Wildman–Crippen LogP) is 3.66. The summed E-state index contributed by atoms with van der Waals surface area (Å²) in [6.45, 7) is 7.23. The molecule has 1 aromatic carbocycles. The van der Waals surface area contributed by atoms with Crippen LogP contribution in [0.3, 0.4) is 0 Å². The summed E-state index contributed by atoms with van der Waals surface area (Å²) in [6, 6.07) is 5.52. The van der Waals surface area contributed by atoms with E-state index in [9.17, 15) is 0 Å². The first-order valence-electron chi connectivity index (χ1n) is 4.39. The smallest absolute Gasteiger partial charge is 0.0465 e. The van der Waals surface area contributed by atoms with Crippen molar-refractivity contribution in [2.75, 3.05) is 6.54 Å². The molecule has 0 amide bonds. The fraction of sp³-hybridized carbons (Fsp3) is 0.273. The zero-order valence-corrected chi connectivity index (χ0v) is 9.62. The monoisotopic (exact) mass is 229 g/mol. The standard InChI is InChI=1S/C11H13Cl2N/c1-8(2)6-14-7-9-10(12)4-3-5-11(9)13/h3-5,14H,1,6-7H2,2H3. The van der Waals surface area contributed by atoms with E-state index < -0.39 is 0 Å². The second-order valence-electron chi connectivity index (χ2n) is 3.26. The third-order valence-electron chi connectivity index (χ3n) is 1.79. The van der Waals surface area contributed by atoms with Gasteiger partial charge in [-0.25, -0.2) is 0 Å². The van der Waals surface area contributed by atoms with Crippen molar-refractivity contribution in [3.05, 3.63) is 46.0 Å². The second kappa shape index (κ2) is 5.40. The molecule has 1 N–H and O–H groups in total. The molecular weight excluding hydrogens is 217 g/mol. The Kier molecular flexibility index (Phi) is 4.46. The van der Waals surface area contributed by atoms with Crippen LogP contribution in [0, 0.1) is 0 Å². The topological polar surface area (TPSA) is 12.0 Å². The summed E-state index contributed by atoms with van der Waals surface area (Å²) in [5.41, 5.74) is 2.03. The number of hydrogen-bond donors (Lipinski definition) is 1. The molecule has 0 saturated heterocycles. The van der Waals surface area contributed by atoms with Gasteiger partial charge in [-0.2, -0.15) is 0 Å². The molecule has 0 fully saturated rings. The van der Waals surface area contributed by atoms with E-state index in [-0.39, 0.29) is 0 Å². The van der Waals surface area contributed by atoms with Crippen LogP contribution in [0.2, 0.25) is 10.0 Å². The number of halogens is 2. The number of rotatable bonds is 4. The molecule has 1 rings (SSSR count). The molecule has 0 aliphatic heterocycles. The van der Waals surface area contributed by atoms with E-state index >= 15 is 0 Å². The Balaban J connectivity index is 2.62. The zero-order chi connectivity index (χ0) is 10.6. The first-order chi connectivity index (χ1) is 6.61. The third-order valence-corrected chi connectivity index (χ3v) is 2.50. The highest BCUT2D eigenvalue weighted by Crippen LogP contribution is 2.23. The van der Waals surface area contributed by atoms with Gasteiger partial charge in [0.15, 0.2) is 0 Å². The van der Waals surface area contributed by atoms with E-state index in [0.29, 0.717) is 16.6 Å². The van der Waals surface area contributed by atoms with Crippen LogP contribution in [0.25, 0.3) is 0 Å². The largest absolute Gasteiger partial charge is 0.309 e. The van der Waals surface area contributed by atoms with Gasteiger partial charge >= 0.3 is 0 Å². The van der Waals surface area contributed by atoms with E-state index in [2.05, 4.69) is 11.9 Å². The SMILES string of the molecule is C=C(C)CNCc1c(Cl)cccc1Cl. The Morgan fingerprint density at radius 3 is 2.43 bits per heavy atom. The number of benzene rings is 1. The molecule has 0 radical (unpaired) electrons. The zero-order valence-electron chi connectivity index (χ0n) is 8.11. The van der Waals surface area contributed by atoms with Gasteiger partial charge in [-0.3, -0.25) is 0 Å². The van der Waals surface area contributed by atoms with Crippen molar-refractivity contribution in [2.24, 2.45) is 0 Å². The summed E-state index contributed by atoms with van der Waals surface area (Å²) in [6.07, 6.45) is 0. The van der Waals surface area contributed by atoms with Gasteiger partial charge in [-0.1, -0.05) is 41.4 Å². The lowest BCUT2D eigenvalue weighted by Crippen LogP contribution is -2.15. The highest BCUT2D eigenvalue weighted by Gasteiger charge is 2.03. The summed E-state index contributed by atoms with van der Waals surface area (Å²) >= 11 is 12.0. The highest BCUT2D eigenvalue weighted by molar-refractivity contribution is 6.35. The molecule has 0 atom stereocenters. The molecule has 0 aliphatic carbocycles. The van der Waals surface area contributed by atoms with Gasteiger partial charge in [0.25, 0.3) is 0 Å². The van der Waals surface area contributed by atoms with Crippen LogP contribution in [-0.2, 0) is 6.54 Å². The Morgan fingerprint density at radius 2 is 1.93 bits per heavy atom. The lowest BCUT2D eigenvalue weighted by molar-refractivity contribution is 0.741. The Bertz CT molecular complexity index is 314. The first kappa shape index (κ1) is 11.6. The van der Waals surface area contributed by atoms with Gasteiger partial charge < -0.3 is 5.32 Å². The molecular formula is C11H13Cl2N. The molecule has 14 heavy (non-hydrogen) atoms. The van der Waals surface area contributed by atoms with E-state index in [4.69, 9.17) is 23.2 Å². The van der Waals surface area contributed by atoms with Gasteiger partial charge in [0.05, 0.1) is 0 Å². The Labute approximate surface area is 94.7 Å². The highest BCUT2D eigenvalue weighted by atomic mass is 35.5. The maximum Gasteiger partial charge on any atom is 0.0465 e. The van der Waals surface area contributed by atoms with Crippen LogP contribution in [0.15, 0.2) is 30.4 Å². The van der Waals surface area contributed by atoms with Gasteiger partial charge in [-0.05, 0) is 19.1 Å². The van der Waals surface area contributed by atoms with Crippen molar-refractivity contribution in [1.29, 1.82) is 0 Å². The molecule has 0 spiro atoms. The van der Waals surface area contributed by atoms with Crippen molar-refractivity contribution < 1.29 is 0 Å². The van der Waals surface area contributed by atoms with Crippen LogP contribution in [0.5, 0.6) is 0 Å². The fourth-order valence-electron chi connectivity index (χ4n) is 1.10. The fourth-order valence-corrected chi connectivity index (χ4v) is 1.63. The average Bonchev–Trinajstić information content (AvgIpc) is 2.09. The summed E-state index contributed by atoms with van der Waals surface area (Å²) in [7, 11) is 0.